The molecule has 0 N–H and O–H groups in total. The summed E-state index contributed by atoms with van der Waals surface area (Å²) in [5.41, 5.74) is 0.226. The summed E-state index contributed by atoms with van der Waals surface area (Å²) in [5.74, 6) is -0.962. The molecule has 1 aromatic rings. The molecule has 1 amide bonds. The second-order valence-corrected chi connectivity index (χ2v) is 3.38. The van der Waals surface area contributed by atoms with Gasteiger partial charge >= 0.3 is 0 Å². The Labute approximate surface area is 92.6 Å². The zero-order chi connectivity index (χ0) is 12.1. The fourth-order valence-electron chi connectivity index (χ4n) is 0.976. The molecular formula is C11H12FNO3. The van der Waals surface area contributed by atoms with Crippen LogP contribution in [0, 0.1) is 5.82 Å². The third kappa shape index (κ3) is 3.05. The molecule has 0 saturated carbocycles. The molecule has 0 unspecified atom stereocenters. The predicted octanol–water partition coefficient (Wildman–Crippen LogP) is 1.11. The quantitative estimate of drug-likeness (QED) is 0.721. The number of aldehydes is 1. The molecule has 0 spiro atoms. The monoisotopic (exact) mass is 225 g/mol. The van der Waals surface area contributed by atoms with Crippen LogP contribution in [-0.2, 0) is 4.79 Å². The van der Waals surface area contributed by atoms with Crippen molar-refractivity contribution in [1.82, 2.24) is 4.90 Å². The summed E-state index contributed by atoms with van der Waals surface area (Å²) < 4.78 is 18.3. The van der Waals surface area contributed by atoms with Gasteiger partial charge in [0.25, 0.3) is 5.91 Å². The van der Waals surface area contributed by atoms with Crippen molar-refractivity contribution >= 4 is 12.2 Å². The topological polar surface area (TPSA) is 46.6 Å². The summed E-state index contributed by atoms with van der Waals surface area (Å²) in [7, 11) is 3.16. The van der Waals surface area contributed by atoms with Gasteiger partial charge in [-0.15, -0.1) is 0 Å². The minimum absolute atomic E-state index is 0.0409. The number of benzene rings is 1. The van der Waals surface area contributed by atoms with Crippen molar-refractivity contribution in [2.24, 2.45) is 0 Å². The van der Waals surface area contributed by atoms with Gasteiger partial charge < -0.3 is 9.64 Å². The Kier molecular flexibility index (Phi) is 3.99. The van der Waals surface area contributed by atoms with E-state index in [0.717, 1.165) is 6.07 Å². The van der Waals surface area contributed by atoms with Crippen LogP contribution in [0.5, 0.6) is 5.75 Å². The average molecular weight is 225 g/mol. The van der Waals surface area contributed by atoms with E-state index in [4.69, 9.17) is 4.74 Å². The van der Waals surface area contributed by atoms with Crippen molar-refractivity contribution < 1.29 is 18.7 Å². The van der Waals surface area contributed by atoms with Gasteiger partial charge in [-0.05, 0) is 18.2 Å². The van der Waals surface area contributed by atoms with E-state index in [1.807, 2.05) is 0 Å². The van der Waals surface area contributed by atoms with Crippen LogP contribution in [0.2, 0.25) is 0 Å². The van der Waals surface area contributed by atoms with Crippen molar-refractivity contribution in [3.8, 4) is 5.75 Å². The third-order valence-corrected chi connectivity index (χ3v) is 1.94. The van der Waals surface area contributed by atoms with Crippen molar-refractivity contribution in [3.05, 3.63) is 29.6 Å². The Bertz CT molecular complexity index is 404. The van der Waals surface area contributed by atoms with Gasteiger partial charge in [0.05, 0.1) is 0 Å². The number of rotatable bonds is 4. The van der Waals surface area contributed by atoms with Crippen LogP contribution in [0.3, 0.4) is 0 Å². The maximum absolute atomic E-state index is 13.3. The first kappa shape index (κ1) is 12.2. The molecule has 0 atom stereocenters. The average Bonchev–Trinajstić information content (AvgIpc) is 2.26. The summed E-state index contributed by atoms with van der Waals surface area (Å²) >= 11 is 0. The highest BCUT2D eigenvalue weighted by Gasteiger charge is 2.08. The van der Waals surface area contributed by atoms with Gasteiger partial charge in [0.15, 0.2) is 18.2 Å². The number of amides is 1. The Balaban J connectivity index is 2.68. The van der Waals surface area contributed by atoms with Crippen molar-refractivity contribution in [2.45, 2.75) is 0 Å². The number of nitrogens with zero attached hydrogens (tertiary/aromatic N) is 1. The smallest absolute Gasteiger partial charge is 0.259 e. The fourth-order valence-corrected chi connectivity index (χ4v) is 0.976. The third-order valence-electron chi connectivity index (χ3n) is 1.94. The first-order valence-electron chi connectivity index (χ1n) is 4.62. The molecule has 0 radical (unpaired) electrons. The highest BCUT2D eigenvalue weighted by atomic mass is 19.1. The lowest BCUT2D eigenvalue weighted by Crippen LogP contribution is -2.27. The van der Waals surface area contributed by atoms with Crippen LogP contribution in [0.1, 0.15) is 10.4 Å². The summed E-state index contributed by atoms with van der Waals surface area (Å²) in [6.45, 7) is -0.232. The molecular weight excluding hydrogens is 213 g/mol. The van der Waals surface area contributed by atoms with E-state index in [-0.39, 0.29) is 23.8 Å². The van der Waals surface area contributed by atoms with Gasteiger partial charge in [-0.1, -0.05) is 0 Å². The fraction of sp³-hybridized carbons (Fsp3) is 0.273. The highest BCUT2D eigenvalue weighted by molar-refractivity contribution is 5.77. The SMILES string of the molecule is CN(C)C(=O)COc1ccc(C=O)cc1F. The van der Waals surface area contributed by atoms with Crippen LogP contribution in [0.15, 0.2) is 18.2 Å². The number of ether oxygens (including phenoxy) is 1. The number of hydrogen-bond donors (Lipinski definition) is 0. The van der Waals surface area contributed by atoms with Gasteiger partial charge in [0.1, 0.15) is 6.29 Å². The van der Waals surface area contributed by atoms with Gasteiger partial charge in [-0.25, -0.2) is 4.39 Å². The lowest BCUT2D eigenvalue weighted by atomic mass is 10.2. The Morgan fingerprint density at radius 3 is 2.69 bits per heavy atom. The van der Waals surface area contributed by atoms with Crippen LogP contribution in [0.25, 0.3) is 0 Å². The summed E-state index contributed by atoms with van der Waals surface area (Å²) in [6, 6.07) is 3.80. The van der Waals surface area contributed by atoms with Crippen molar-refractivity contribution in [1.29, 1.82) is 0 Å². The Morgan fingerprint density at radius 1 is 1.50 bits per heavy atom. The second kappa shape index (κ2) is 5.25. The zero-order valence-electron chi connectivity index (χ0n) is 9.07. The molecule has 5 heteroatoms. The summed E-state index contributed by atoms with van der Waals surface area (Å²) in [4.78, 5) is 22.9. The number of hydrogen-bond acceptors (Lipinski definition) is 3. The molecule has 0 aliphatic carbocycles. The van der Waals surface area contributed by atoms with E-state index in [2.05, 4.69) is 0 Å². The first-order valence-corrected chi connectivity index (χ1v) is 4.62. The van der Waals surface area contributed by atoms with Gasteiger partial charge in [-0.2, -0.15) is 0 Å². The maximum atomic E-state index is 13.3. The van der Waals surface area contributed by atoms with Crippen molar-refractivity contribution in [2.75, 3.05) is 20.7 Å². The van der Waals surface area contributed by atoms with E-state index in [9.17, 15) is 14.0 Å². The number of likely N-dealkylation sites (N-methyl/N-ethyl adjacent to an activating group) is 1. The van der Waals surface area contributed by atoms with Gasteiger partial charge in [0, 0.05) is 19.7 Å². The lowest BCUT2D eigenvalue weighted by Gasteiger charge is -2.11. The Morgan fingerprint density at radius 2 is 2.19 bits per heavy atom. The molecule has 1 aromatic carbocycles. The summed E-state index contributed by atoms with van der Waals surface area (Å²) in [5, 5.41) is 0. The minimum atomic E-state index is -0.656. The second-order valence-electron chi connectivity index (χ2n) is 3.38. The van der Waals surface area contributed by atoms with E-state index in [1.165, 1.54) is 17.0 Å². The van der Waals surface area contributed by atoms with Crippen LogP contribution in [-0.4, -0.2) is 37.8 Å². The molecule has 0 aliphatic rings. The molecule has 16 heavy (non-hydrogen) atoms. The summed E-state index contributed by atoms with van der Waals surface area (Å²) in [6.07, 6.45) is 0.540. The van der Waals surface area contributed by atoms with E-state index in [1.54, 1.807) is 14.1 Å². The molecule has 0 bridgehead atoms. The van der Waals surface area contributed by atoms with E-state index < -0.39 is 5.82 Å². The Hall–Kier alpha value is -1.91. The standard InChI is InChI=1S/C11H12FNO3/c1-13(2)11(15)7-16-10-4-3-8(6-14)5-9(10)12/h3-6H,7H2,1-2H3. The molecule has 0 aliphatic heterocycles. The lowest BCUT2D eigenvalue weighted by molar-refractivity contribution is -0.130. The van der Waals surface area contributed by atoms with E-state index >= 15 is 0 Å². The molecule has 0 heterocycles. The molecule has 0 saturated heterocycles. The molecule has 0 fully saturated rings. The van der Waals surface area contributed by atoms with Crippen LogP contribution in [0.4, 0.5) is 4.39 Å². The normalized spacial score (nSPS) is 9.69. The van der Waals surface area contributed by atoms with Crippen LogP contribution < -0.4 is 4.74 Å². The zero-order valence-corrected chi connectivity index (χ0v) is 9.07. The van der Waals surface area contributed by atoms with E-state index in [0.29, 0.717) is 6.29 Å². The molecule has 86 valence electrons. The molecule has 4 nitrogen and oxygen atoms in total. The minimum Gasteiger partial charge on any atom is -0.481 e. The van der Waals surface area contributed by atoms with Gasteiger partial charge in [0.2, 0.25) is 0 Å². The molecule has 1 rings (SSSR count). The number of carbonyl (C=O) groups is 2. The predicted molar refractivity (Wildman–Crippen MR) is 56.0 cm³/mol. The van der Waals surface area contributed by atoms with Crippen molar-refractivity contribution in [3.63, 3.8) is 0 Å². The van der Waals surface area contributed by atoms with Crippen LogP contribution >= 0.6 is 0 Å². The maximum Gasteiger partial charge on any atom is 0.259 e. The number of halogens is 1. The molecule has 0 aromatic heterocycles. The largest absolute Gasteiger partial charge is 0.481 e. The highest BCUT2D eigenvalue weighted by Crippen LogP contribution is 2.17. The van der Waals surface area contributed by atoms with Gasteiger partial charge in [-0.3, -0.25) is 9.59 Å². The number of carbonyl (C=O) groups excluding carboxylic acids is 2. The first-order chi connectivity index (χ1) is 7.54.